The zero-order chi connectivity index (χ0) is 21.6. The number of rotatable bonds is 1. The van der Waals surface area contributed by atoms with Gasteiger partial charge in [0, 0.05) is 10.4 Å². The van der Waals surface area contributed by atoms with Crippen LogP contribution in [0.5, 0.6) is 0 Å². The Labute approximate surface area is 163 Å². The predicted octanol–water partition coefficient (Wildman–Crippen LogP) is 1.23. The highest BCUT2D eigenvalue weighted by atomic mass is 19.1. The van der Waals surface area contributed by atoms with Gasteiger partial charge >= 0.3 is 0 Å². The summed E-state index contributed by atoms with van der Waals surface area (Å²) in [5.74, 6) is -0.583. The van der Waals surface area contributed by atoms with Crippen molar-refractivity contribution < 1.29 is 4.39 Å². The monoisotopic (exact) mass is 373 g/mol. The van der Waals surface area contributed by atoms with Crippen molar-refractivity contribution in [2.75, 3.05) is 0 Å². The molecule has 0 radical (unpaired) electrons. The number of hydrogen-bond donors (Lipinski definition) is 0. The van der Waals surface area contributed by atoms with Crippen molar-refractivity contribution in [3.05, 3.63) is 68.3 Å². The fraction of sp³-hybridized carbons (Fsp3) is 0. The molecule has 0 unspecified atom stereocenters. The van der Waals surface area contributed by atoms with Gasteiger partial charge in [-0.3, -0.25) is 0 Å². The van der Waals surface area contributed by atoms with Crippen molar-refractivity contribution in [3.8, 4) is 42.5 Å². The lowest BCUT2D eigenvalue weighted by Crippen LogP contribution is -2.29. The first kappa shape index (κ1) is 19.9. The average molecular weight is 373 g/mol. The lowest BCUT2D eigenvalue weighted by Gasteiger charge is -2.08. The summed E-state index contributed by atoms with van der Waals surface area (Å²) in [6, 6.07) is 16.3. The van der Waals surface area contributed by atoms with Crippen LogP contribution in [-0.2, 0) is 0 Å². The van der Waals surface area contributed by atoms with Crippen LogP contribution < -0.4 is 10.4 Å². The van der Waals surface area contributed by atoms with Gasteiger partial charge in [0.25, 0.3) is 0 Å². The van der Waals surface area contributed by atoms with Crippen molar-refractivity contribution >= 4 is 11.1 Å². The van der Waals surface area contributed by atoms with Gasteiger partial charge in [-0.1, -0.05) is 12.1 Å². The van der Waals surface area contributed by atoms with E-state index in [0.717, 1.165) is 12.1 Å². The standard InChI is InChI=1S/C21H4FN7/c22-14-3-1-12(2-4-14)15(7-25)21-18(10-28)16(8-26)20(13(5-23)6-24)17(9-27)19(21)11-29/h1-4H. The molecule has 29 heavy (non-hydrogen) atoms. The Kier molecular flexibility index (Phi) is 5.67. The molecule has 0 spiro atoms. The molecule has 7 nitrogen and oxygen atoms in total. The summed E-state index contributed by atoms with van der Waals surface area (Å²) in [5, 5.41) is 65.8. The fourth-order valence-electron chi connectivity index (χ4n) is 2.72. The molecule has 130 valence electrons. The Bertz CT molecular complexity index is 1390. The molecule has 0 saturated carbocycles. The molecule has 0 aliphatic heterocycles. The SMILES string of the molecule is N#CC(C#N)=c1c(C#N)c(C#N)c(=C(C#N)c2ccc(F)cc2)c(C#N)c1C#N. The number of nitriles is 7. The third-order valence-corrected chi connectivity index (χ3v) is 3.92. The number of hydrogen-bond acceptors (Lipinski definition) is 7. The summed E-state index contributed by atoms with van der Waals surface area (Å²) in [4.78, 5) is 0. The molecule has 0 fully saturated rings. The Morgan fingerprint density at radius 3 is 1.34 bits per heavy atom. The number of benzene rings is 2. The summed E-state index contributed by atoms with van der Waals surface area (Å²) < 4.78 is 13.3. The molecule has 0 aliphatic rings. The van der Waals surface area contributed by atoms with E-state index in [-0.39, 0.29) is 16.4 Å². The first-order valence-electron chi connectivity index (χ1n) is 7.58. The molecular weight excluding hydrogens is 369 g/mol. The molecule has 0 saturated heterocycles. The minimum absolute atomic E-state index is 0.146. The van der Waals surface area contributed by atoms with E-state index in [4.69, 9.17) is 0 Å². The highest BCUT2D eigenvalue weighted by Crippen LogP contribution is 2.15. The normalized spacial score (nSPS) is 8.62. The smallest absolute Gasteiger partial charge is 0.139 e. The zero-order valence-electron chi connectivity index (χ0n) is 14.3. The van der Waals surface area contributed by atoms with E-state index in [0.29, 0.717) is 0 Å². The van der Waals surface area contributed by atoms with Crippen LogP contribution in [0.3, 0.4) is 0 Å². The molecule has 2 aromatic rings. The largest absolute Gasteiger partial charge is 0.207 e. The topological polar surface area (TPSA) is 167 Å². The summed E-state index contributed by atoms with van der Waals surface area (Å²) in [6.07, 6.45) is 0. The van der Waals surface area contributed by atoms with Gasteiger partial charge < -0.3 is 0 Å². The molecule has 0 heterocycles. The van der Waals surface area contributed by atoms with E-state index in [1.807, 2.05) is 6.07 Å². The molecule has 2 rings (SSSR count). The molecule has 0 aliphatic carbocycles. The first-order chi connectivity index (χ1) is 14.0. The van der Waals surface area contributed by atoms with Crippen LogP contribution in [-0.4, -0.2) is 0 Å². The van der Waals surface area contributed by atoms with Gasteiger partial charge in [0.15, 0.2) is 0 Å². The van der Waals surface area contributed by atoms with Crippen LogP contribution in [0.1, 0.15) is 27.8 Å². The van der Waals surface area contributed by atoms with Crippen molar-refractivity contribution in [2.45, 2.75) is 0 Å². The maximum atomic E-state index is 13.3. The lowest BCUT2D eigenvalue weighted by atomic mass is 9.89. The second-order valence-electron chi connectivity index (χ2n) is 5.29. The molecule has 2 aromatic carbocycles. The van der Waals surface area contributed by atoms with Crippen LogP contribution in [0.4, 0.5) is 4.39 Å². The van der Waals surface area contributed by atoms with Gasteiger partial charge in [0.05, 0.1) is 27.8 Å². The van der Waals surface area contributed by atoms with Crippen LogP contribution in [0.15, 0.2) is 24.3 Å². The minimum atomic E-state index is -0.627. The summed E-state index contributed by atoms with van der Waals surface area (Å²) in [5.41, 5.74) is -2.57. The van der Waals surface area contributed by atoms with Crippen molar-refractivity contribution in [1.82, 2.24) is 0 Å². The maximum absolute atomic E-state index is 13.3. The third kappa shape index (κ3) is 3.20. The molecular formula is C21H4FN7. The molecule has 0 atom stereocenters. The molecule has 8 heteroatoms. The summed E-state index contributed by atoms with van der Waals surface area (Å²) >= 11 is 0. The predicted molar refractivity (Wildman–Crippen MR) is 93.7 cm³/mol. The Balaban J connectivity index is 3.46. The average Bonchev–Trinajstić information content (AvgIpc) is 2.75. The van der Waals surface area contributed by atoms with Gasteiger partial charge in [-0.05, 0) is 17.7 Å². The van der Waals surface area contributed by atoms with Gasteiger partial charge in [-0.15, -0.1) is 0 Å². The van der Waals surface area contributed by atoms with E-state index in [1.165, 1.54) is 12.1 Å². The Hall–Kier alpha value is -5.46. The van der Waals surface area contributed by atoms with Gasteiger partial charge in [-0.25, -0.2) is 4.39 Å². The second-order valence-corrected chi connectivity index (χ2v) is 5.29. The Morgan fingerprint density at radius 2 is 1.00 bits per heavy atom. The van der Waals surface area contributed by atoms with Crippen molar-refractivity contribution in [1.29, 1.82) is 36.8 Å². The molecule has 0 aromatic heterocycles. The molecule has 0 N–H and O–H groups in total. The lowest BCUT2D eigenvalue weighted by molar-refractivity contribution is 0.627. The second kappa shape index (κ2) is 8.28. The van der Waals surface area contributed by atoms with E-state index in [1.54, 1.807) is 36.4 Å². The van der Waals surface area contributed by atoms with Crippen LogP contribution in [0, 0.1) is 85.1 Å². The van der Waals surface area contributed by atoms with Crippen molar-refractivity contribution in [2.24, 2.45) is 0 Å². The number of halogens is 1. The Morgan fingerprint density at radius 1 is 0.586 bits per heavy atom. The maximum Gasteiger partial charge on any atom is 0.139 e. The summed E-state index contributed by atoms with van der Waals surface area (Å²) in [7, 11) is 0. The molecule has 0 amide bonds. The third-order valence-electron chi connectivity index (χ3n) is 3.92. The first-order valence-corrected chi connectivity index (χ1v) is 7.58. The van der Waals surface area contributed by atoms with E-state index >= 15 is 0 Å². The highest BCUT2D eigenvalue weighted by molar-refractivity contribution is 5.83. The van der Waals surface area contributed by atoms with Crippen LogP contribution in [0.2, 0.25) is 0 Å². The van der Waals surface area contributed by atoms with Crippen LogP contribution >= 0.6 is 0 Å². The van der Waals surface area contributed by atoms with Gasteiger partial charge in [0.1, 0.15) is 53.9 Å². The highest BCUT2D eigenvalue weighted by Gasteiger charge is 2.22. The van der Waals surface area contributed by atoms with E-state index in [2.05, 4.69) is 0 Å². The number of nitrogens with zero attached hydrogens (tertiary/aromatic N) is 7. The zero-order valence-corrected chi connectivity index (χ0v) is 14.3. The summed E-state index contributed by atoms with van der Waals surface area (Å²) in [6.45, 7) is 0. The van der Waals surface area contributed by atoms with Crippen molar-refractivity contribution in [3.63, 3.8) is 0 Å². The van der Waals surface area contributed by atoms with E-state index in [9.17, 15) is 41.2 Å². The van der Waals surface area contributed by atoms with Crippen LogP contribution in [0.25, 0.3) is 11.1 Å². The molecule has 0 bridgehead atoms. The van der Waals surface area contributed by atoms with Gasteiger partial charge in [-0.2, -0.15) is 36.8 Å². The van der Waals surface area contributed by atoms with E-state index < -0.39 is 38.9 Å². The van der Waals surface area contributed by atoms with Gasteiger partial charge in [0.2, 0.25) is 0 Å². The quantitative estimate of drug-likeness (QED) is 0.724. The minimum Gasteiger partial charge on any atom is -0.207 e. The fourth-order valence-corrected chi connectivity index (χ4v) is 2.72.